The molecule has 0 aliphatic rings. The highest BCUT2D eigenvalue weighted by molar-refractivity contribution is 4.65. The lowest BCUT2D eigenvalue weighted by atomic mass is 10.0. The van der Waals surface area contributed by atoms with Crippen LogP contribution in [0.25, 0.3) is 0 Å². The molecule has 0 aliphatic carbocycles. The average Bonchev–Trinajstić information content (AvgIpc) is 2.81. The molecule has 0 bridgehead atoms. The molecule has 0 saturated heterocycles. The van der Waals surface area contributed by atoms with Crippen LogP contribution in [0.15, 0.2) is 5.18 Å². The summed E-state index contributed by atoms with van der Waals surface area (Å²) in [6, 6.07) is 0.0895. The SMILES string of the molecule is CCCCCCCCCCCCCCCCCCCCCCCC[C@@H](CCCCC)N=O. The van der Waals surface area contributed by atoms with Crippen molar-refractivity contribution in [2.45, 2.75) is 193 Å². The van der Waals surface area contributed by atoms with Gasteiger partial charge in [0.25, 0.3) is 0 Å². The second kappa shape index (κ2) is 28.6. The third-order valence-corrected chi connectivity index (χ3v) is 7.18. The van der Waals surface area contributed by atoms with E-state index < -0.39 is 0 Å². The molecule has 0 rings (SSSR count). The molecule has 0 spiro atoms. The van der Waals surface area contributed by atoms with Crippen LogP contribution in [0.1, 0.15) is 187 Å². The second-order valence-corrected chi connectivity index (χ2v) is 10.5. The van der Waals surface area contributed by atoms with Crippen molar-refractivity contribution >= 4 is 0 Å². The van der Waals surface area contributed by atoms with E-state index in [2.05, 4.69) is 19.0 Å². The fraction of sp³-hybridized carbons (Fsp3) is 1.00. The summed E-state index contributed by atoms with van der Waals surface area (Å²) < 4.78 is 0. The van der Waals surface area contributed by atoms with Gasteiger partial charge in [-0.15, -0.1) is 0 Å². The smallest absolute Gasteiger partial charge is 0.0919 e. The van der Waals surface area contributed by atoms with E-state index in [0.717, 1.165) is 12.8 Å². The molecule has 2 heteroatoms. The van der Waals surface area contributed by atoms with Gasteiger partial charge in [0.2, 0.25) is 0 Å². The quantitative estimate of drug-likeness (QED) is 0.0858. The Bertz CT molecular complexity index is 344. The van der Waals surface area contributed by atoms with Gasteiger partial charge < -0.3 is 0 Å². The van der Waals surface area contributed by atoms with Gasteiger partial charge in [0, 0.05) is 0 Å². The molecule has 0 aromatic carbocycles. The summed E-state index contributed by atoms with van der Waals surface area (Å²) in [6.45, 7) is 4.51. The Balaban J connectivity index is 3.12. The zero-order valence-corrected chi connectivity index (χ0v) is 22.5. The van der Waals surface area contributed by atoms with Crippen LogP contribution in [0.4, 0.5) is 0 Å². The molecule has 0 aromatic rings. The van der Waals surface area contributed by atoms with Crippen molar-refractivity contribution in [2.75, 3.05) is 0 Å². The topological polar surface area (TPSA) is 29.4 Å². The van der Waals surface area contributed by atoms with Crippen LogP contribution >= 0.6 is 0 Å². The normalized spacial score (nSPS) is 12.3. The summed E-state index contributed by atoms with van der Waals surface area (Å²) in [6.07, 6.45) is 37.0. The first-order valence-electron chi connectivity index (χ1n) is 15.2. The molecule has 32 heavy (non-hydrogen) atoms. The number of hydrogen-bond donors (Lipinski definition) is 0. The Morgan fingerprint density at radius 1 is 0.375 bits per heavy atom. The lowest BCUT2D eigenvalue weighted by Crippen LogP contribution is -2.03. The number of hydrogen-bond acceptors (Lipinski definition) is 2. The lowest BCUT2D eigenvalue weighted by molar-refractivity contribution is 0.486. The van der Waals surface area contributed by atoms with Gasteiger partial charge >= 0.3 is 0 Å². The van der Waals surface area contributed by atoms with Gasteiger partial charge in [-0.2, -0.15) is 4.91 Å². The van der Waals surface area contributed by atoms with E-state index in [4.69, 9.17) is 0 Å². The van der Waals surface area contributed by atoms with Crippen molar-refractivity contribution in [3.05, 3.63) is 4.91 Å². The first-order valence-corrected chi connectivity index (χ1v) is 15.2. The van der Waals surface area contributed by atoms with Crippen LogP contribution in [0.5, 0.6) is 0 Å². The molecule has 1 atom stereocenters. The predicted octanol–water partition coefficient (Wildman–Crippen LogP) is 11.7. The summed E-state index contributed by atoms with van der Waals surface area (Å²) in [5, 5.41) is 3.33. The Hall–Kier alpha value is -0.400. The van der Waals surface area contributed by atoms with E-state index in [1.165, 1.54) is 161 Å². The van der Waals surface area contributed by atoms with Crippen LogP contribution in [0.2, 0.25) is 0 Å². The maximum Gasteiger partial charge on any atom is 0.0919 e. The number of unbranched alkanes of at least 4 members (excludes halogenated alkanes) is 23. The van der Waals surface area contributed by atoms with E-state index in [9.17, 15) is 4.91 Å². The molecular weight excluding hydrogens is 390 g/mol. The third-order valence-electron chi connectivity index (χ3n) is 7.18. The fourth-order valence-corrected chi connectivity index (χ4v) is 4.87. The molecule has 0 amide bonds. The zero-order valence-electron chi connectivity index (χ0n) is 22.5. The monoisotopic (exact) mass is 451 g/mol. The standard InChI is InChI=1S/C30H61NO/c1-3-5-7-8-9-10-11-12-13-14-15-16-17-18-19-20-21-22-23-24-25-27-29-30(31-32)28-26-6-4-2/h30H,3-29H2,1-2H3/t30-/m1/s1. The maximum absolute atomic E-state index is 10.9. The molecule has 0 saturated carbocycles. The average molecular weight is 452 g/mol. The second-order valence-electron chi connectivity index (χ2n) is 10.5. The van der Waals surface area contributed by atoms with Gasteiger partial charge in [0.05, 0.1) is 6.04 Å². The van der Waals surface area contributed by atoms with Crippen molar-refractivity contribution in [3.63, 3.8) is 0 Å². The minimum Gasteiger partial charge on any atom is -0.151 e. The van der Waals surface area contributed by atoms with E-state index in [0.29, 0.717) is 0 Å². The van der Waals surface area contributed by atoms with Crippen LogP contribution in [0, 0.1) is 4.91 Å². The van der Waals surface area contributed by atoms with Crippen LogP contribution in [-0.2, 0) is 0 Å². The molecule has 0 unspecified atom stereocenters. The molecule has 0 radical (unpaired) electrons. The van der Waals surface area contributed by atoms with Crippen molar-refractivity contribution in [1.82, 2.24) is 0 Å². The Kier molecular flexibility index (Phi) is 28.3. The summed E-state index contributed by atoms with van der Waals surface area (Å²) in [5.41, 5.74) is 0. The Labute approximate surface area is 203 Å². The molecule has 0 aromatic heterocycles. The van der Waals surface area contributed by atoms with Gasteiger partial charge in [-0.1, -0.05) is 180 Å². The first-order chi connectivity index (χ1) is 15.8. The number of nitroso groups, excluding NO2 is 1. The molecular formula is C30H61NO. The van der Waals surface area contributed by atoms with Gasteiger partial charge in [-0.25, -0.2) is 0 Å². The highest BCUT2D eigenvalue weighted by Gasteiger charge is 2.07. The Morgan fingerprint density at radius 2 is 0.594 bits per heavy atom. The van der Waals surface area contributed by atoms with E-state index >= 15 is 0 Å². The van der Waals surface area contributed by atoms with Gasteiger partial charge in [-0.05, 0) is 12.8 Å². The maximum atomic E-state index is 10.9. The molecule has 0 fully saturated rings. The lowest BCUT2D eigenvalue weighted by Gasteiger charge is -2.08. The van der Waals surface area contributed by atoms with Crippen LogP contribution < -0.4 is 0 Å². The molecule has 0 heterocycles. The van der Waals surface area contributed by atoms with E-state index in [1.54, 1.807) is 0 Å². The molecule has 192 valence electrons. The summed E-state index contributed by atoms with van der Waals surface area (Å²) in [4.78, 5) is 10.9. The highest BCUT2D eigenvalue weighted by atomic mass is 16.3. The third kappa shape index (κ3) is 25.9. The van der Waals surface area contributed by atoms with E-state index in [1.807, 2.05) is 0 Å². The first kappa shape index (κ1) is 31.6. The van der Waals surface area contributed by atoms with Crippen molar-refractivity contribution in [1.29, 1.82) is 0 Å². The summed E-state index contributed by atoms with van der Waals surface area (Å²) >= 11 is 0. The van der Waals surface area contributed by atoms with Crippen molar-refractivity contribution < 1.29 is 0 Å². The van der Waals surface area contributed by atoms with Gasteiger partial charge in [0.15, 0.2) is 0 Å². The van der Waals surface area contributed by atoms with Gasteiger partial charge in [-0.3, -0.25) is 0 Å². The number of nitrogens with zero attached hydrogens (tertiary/aromatic N) is 1. The van der Waals surface area contributed by atoms with E-state index in [-0.39, 0.29) is 6.04 Å². The zero-order chi connectivity index (χ0) is 23.4. The number of rotatable bonds is 28. The minimum atomic E-state index is 0.0895. The summed E-state index contributed by atoms with van der Waals surface area (Å²) in [7, 11) is 0. The molecule has 0 N–H and O–H groups in total. The largest absolute Gasteiger partial charge is 0.151 e. The Morgan fingerprint density at radius 3 is 0.875 bits per heavy atom. The summed E-state index contributed by atoms with van der Waals surface area (Å²) in [5.74, 6) is 0. The molecule has 0 aliphatic heterocycles. The fourth-order valence-electron chi connectivity index (χ4n) is 4.87. The predicted molar refractivity (Wildman–Crippen MR) is 146 cm³/mol. The molecule has 2 nitrogen and oxygen atoms in total. The van der Waals surface area contributed by atoms with Crippen LogP contribution in [0.3, 0.4) is 0 Å². The van der Waals surface area contributed by atoms with Crippen LogP contribution in [-0.4, -0.2) is 6.04 Å². The van der Waals surface area contributed by atoms with Crippen molar-refractivity contribution in [2.24, 2.45) is 5.18 Å². The minimum absolute atomic E-state index is 0.0895. The highest BCUT2D eigenvalue weighted by Crippen LogP contribution is 2.17. The van der Waals surface area contributed by atoms with Crippen molar-refractivity contribution in [3.8, 4) is 0 Å². The van der Waals surface area contributed by atoms with Gasteiger partial charge in [0.1, 0.15) is 0 Å².